The van der Waals surface area contributed by atoms with Gasteiger partial charge in [0.1, 0.15) is 18.3 Å². The Morgan fingerprint density at radius 2 is 2.44 bits per heavy atom. The molecule has 18 heavy (non-hydrogen) atoms. The number of rotatable bonds is 4. The number of furan rings is 1. The maximum absolute atomic E-state index is 11.5. The summed E-state index contributed by atoms with van der Waals surface area (Å²) in [4.78, 5) is 24.0. The highest BCUT2D eigenvalue weighted by Gasteiger charge is 2.44. The van der Waals surface area contributed by atoms with Gasteiger partial charge in [0.05, 0.1) is 19.4 Å². The predicted molar refractivity (Wildman–Crippen MR) is 63.2 cm³/mol. The van der Waals surface area contributed by atoms with Gasteiger partial charge in [-0.3, -0.25) is 9.59 Å². The van der Waals surface area contributed by atoms with Gasteiger partial charge in [-0.2, -0.15) is 0 Å². The number of nitrogens with zero attached hydrogens (tertiary/aromatic N) is 1. The van der Waals surface area contributed by atoms with Gasteiger partial charge >= 0.3 is 5.97 Å². The number of methoxy groups -OCH3 is 1. The average molecular weight is 250 g/mol. The Morgan fingerprint density at radius 3 is 3.06 bits per heavy atom. The van der Waals surface area contributed by atoms with Gasteiger partial charge in [-0.25, -0.2) is 0 Å². The van der Waals surface area contributed by atoms with Gasteiger partial charge in [0.25, 0.3) is 0 Å². The molecule has 1 saturated heterocycles. The maximum atomic E-state index is 11.5. The van der Waals surface area contributed by atoms with Crippen LogP contribution in [0.2, 0.25) is 0 Å². The molecule has 2 rings (SSSR count). The van der Waals surface area contributed by atoms with E-state index in [2.05, 4.69) is 4.74 Å². The van der Waals surface area contributed by atoms with Gasteiger partial charge in [0.2, 0.25) is 5.91 Å². The molecule has 2 atom stereocenters. The highest BCUT2D eigenvalue weighted by Crippen LogP contribution is 2.20. The van der Waals surface area contributed by atoms with Crippen molar-refractivity contribution in [3.05, 3.63) is 30.2 Å². The number of ether oxygens (including phenoxy) is 1. The molecule has 2 N–H and O–H groups in total. The first kappa shape index (κ1) is 12.4. The van der Waals surface area contributed by atoms with E-state index in [-0.39, 0.29) is 18.5 Å². The van der Waals surface area contributed by atoms with Crippen molar-refractivity contribution in [2.24, 2.45) is 5.73 Å². The van der Waals surface area contributed by atoms with Crippen molar-refractivity contribution in [2.75, 3.05) is 13.7 Å². The first-order valence-electron chi connectivity index (χ1n) is 5.48. The Bertz CT molecular complexity index is 466. The molecular weight excluding hydrogens is 236 g/mol. The molecule has 1 aromatic heterocycles. The van der Waals surface area contributed by atoms with Crippen molar-refractivity contribution in [1.82, 2.24) is 4.90 Å². The Kier molecular flexibility index (Phi) is 3.47. The number of carbonyl (C=O) groups is 2. The molecule has 0 radical (unpaired) electrons. The van der Waals surface area contributed by atoms with Gasteiger partial charge in [-0.1, -0.05) is 6.08 Å². The van der Waals surface area contributed by atoms with Crippen molar-refractivity contribution in [3.63, 3.8) is 0 Å². The third-order valence-electron chi connectivity index (χ3n) is 2.82. The quantitative estimate of drug-likeness (QED) is 0.600. The Hall–Kier alpha value is -2.08. The molecule has 2 heterocycles. The normalized spacial score (nSPS) is 23.2. The van der Waals surface area contributed by atoms with Crippen LogP contribution in [0.3, 0.4) is 0 Å². The Balaban J connectivity index is 2.02. The van der Waals surface area contributed by atoms with Crippen LogP contribution in [0, 0.1) is 0 Å². The Labute approximate surface area is 104 Å². The molecular formula is C12H14N2O4. The van der Waals surface area contributed by atoms with Crippen molar-refractivity contribution in [3.8, 4) is 0 Å². The van der Waals surface area contributed by atoms with Crippen LogP contribution in [-0.2, 0) is 14.3 Å². The van der Waals surface area contributed by atoms with E-state index in [1.807, 2.05) is 0 Å². The third-order valence-corrected chi connectivity index (χ3v) is 2.82. The average Bonchev–Trinajstić information content (AvgIpc) is 2.89. The number of hydrogen-bond donors (Lipinski definition) is 1. The summed E-state index contributed by atoms with van der Waals surface area (Å²) < 4.78 is 9.65. The summed E-state index contributed by atoms with van der Waals surface area (Å²) >= 11 is 0. The van der Waals surface area contributed by atoms with Crippen LogP contribution in [0.5, 0.6) is 0 Å². The van der Waals surface area contributed by atoms with E-state index in [0.717, 1.165) is 0 Å². The molecule has 96 valence electrons. The van der Waals surface area contributed by atoms with Gasteiger partial charge in [-0.15, -0.1) is 0 Å². The van der Waals surface area contributed by atoms with Crippen LogP contribution in [0.1, 0.15) is 5.76 Å². The molecule has 0 saturated carbocycles. The summed E-state index contributed by atoms with van der Waals surface area (Å²) in [6.45, 7) is -0.0871. The van der Waals surface area contributed by atoms with Crippen LogP contribution in [0.4, 0.5) is 0 Å². The van der Waals surface area contributed by atoms with Crippen LogP contribution < -0.4 is 5.73 Å². The lowest BCUT2D eigenvalue weighted by molar-refractivity contribution is -0.156. The van der Waals surface area contributed by atoms with E-state index in [9.17, 15) is 9.59 Å². The summed E-state index contributed by atoms with van der Waals surface area (Å²) in [5, 5.41) is 0. The zero-order valence-electron chi connectivity index (χ0n) is 9.91. The maximum Gasteiger partial charge on any atom is 0.325 e. The monoisotopic (exact) mass is 250 g/mol. The predicted octanol–water partition coefficient (Wildman–Crippen LogP) is 0.00390. The molecule has 1 fully saturated rings. The van der Waals surface area contributed by atoms with E-state index in [0.29, 0.717) is 5.76 Å². The number of esters is 1. The zero-order valence-corrected chi connectivity index (χ0v) is 9.91. The molecule has 1 amide bonds. The lowest BCUT2D eigenvalue weighted by Gasteiger charge is -2.43. The molecule has 2 unspecified atom stereocenters. The SMILES string of the molecule is COC(=O)CN1C(=O)C(N)C1C=Cc1ccco1. The van der Waals surface area contributed by atoms with Gasteiger partial charge in [0.15, 0.2) is 0 Å². The summed E-state index contributed by atoms with van der Waals surface area (Å²) in [5.74, 6) is -0.0549. The second-order valence-electron chi connectivity index (χ2n) is 3.93. The first-order valence-corrected chi connectivity index (χ1v) is 5.48. The molecule has 0 aromatic carbocycles. The fraction of sp³-hybridized carbons (Fsp3) is 0.333. The smallest absolute Gasteiger partial charge is 0.325 e. The first-order chi connectivity index (χ1) is 8.63. The minimum Gasteiger partial charge on any atom is -0.468 e. The lowest BCUT2D eigenvalue weighted by atomic mass is 9.95. The molecule has 0 bridgehead atoms. The Morgan fingerprint density at radius 1 is 1.67 bits per heavy atom. The number of amides is 1. The largest absolute Gasteiger partial charge is 0.468 e. The minimum atomic E-state index is -0.610. The third kappa shape index (κ3) is 2.28. The van der Waals surface area contributed by atoms with E-state index < -0.39 is 12.0 Å². The number of hydrogen-bond acceptors (Lipinski definition) is 5. The van der Waals surface area contributed by atoms with E-state index >= 15 is 0 Å². The van der Waals surface area contributed by atoms with Crippen molar-refractivity contribution in [2.45, 2.75) is 12.1 Å². The summed E-state index contributed by atoms with van der Waals surface area (Å²) in [6, 6.07) is 2.63. The molecule has 0 spiro atoms. The van der Waals surface area contributed by atoms with Crippen LogP contribution in [0.15, 0.2) is 28.9 Å². The number of β-lactam (4-membered cyclic amide) rings is 1. The lowest BCUT2D eigenvalue weighted by Crippen LogP contribution is -2.68. The summed E-state index contributed by atoms with van der Waals surface area (Å²) in [6.07, 6.45) is 5.02. The van der Waals surface area contributed by atoms with Crippen molar-refractivity contribution < 1.29 is 18.7 Å². The minimum absolute atomic E-state index is 0.0871. The highest BCUT2D eigenvalue weighted by atomic mass is 16.5. The fourth-order valence-corrected chi connectivity index (χ4v) is 1.79. The number of carbonyl (C=O) groups excluding carboxylic acids is 2. The van der Waals surface area contributed by atoms with Crippen molar-refractivity contribution in [1.29, 1.82) is 0 Å². The second-order valence-corrected chi connectivity index (χ2v) is 3.93. The molecule has 0 aliphatic carbocycles. The van der Waals surface area contributed by atoms with Crippen LogP contribution >= 0.6 is 0 Å². The van der Waals surface area contributed by atoms with Gasteiger partial charge in [0, 0.05) is 0 Å². The van der Waals surface area contributed by atoms with Crippen molar-refractivity contribution >= 4 is 18.0 Å². The topological polar surface area (TPSA) is 85.8 Å². The van der Waals surface area contributed by atoms with Gasteiger partial charge < -0.3 is 19.8 Å². The molecule has 6 heteroatoms. The van der Waals surface area contributed by atoms with E-state index in [1.165, 1.54) is 12.0 Å². The number of nitrogens with two attached hydrogens (primary N) is 1. The molecule has 1 aromatic rings. The standard InChI is InChI=1S/C12H14N2O4/c1-17-10(15)7-14-9(11(13)12(14)16)5-4-8-3-2-6-18-8/h2-6,9,11H,7,13H2,1H3. The van der Waals surface area contributed by atoms with Crippen LogP contribution in [-0.4, -0.2) is 42.5 Å². The highest BCUT2D eigenvalue weighted by molar-refractivity contribution is 5.93. The molecule has 1 aliphatic heterocycles. The van der Waals surface area contributed by atoms with E-state index in [1.54, 1.807) is 30.5 Å². The number of likely N-dealkylation sites (tertiary alicyclic amines) is 1. The molecule has 6 nitrogen and oxygen atoms in total. The second kappa shape index (κ2) is 5.05. The summed E-state index contributed by atoms with van der Waals surface area (Å²) in [5.41, 5.74) is 5.69. The fourth-order valence-electron chi connectivity index (χ4n) is 1.79. The van der Waals surface area contributed by atoms with Crippen LogP contribution in [0.25, 0.3) is 6.08 Å². The zero-order chi connectivity index (χ0) is 13.1. The molecule has 1 aliphatic rings. The van der Waals surface area contributed by atoms with E-state index in [4.69, 9.17) is 10.2 Å². The summed E-state index contributed by atoms with van der Waals surface area (Å²) in [7, 11) is 1.28. The van der Waals surface area contributed by atoms with Gasteiger partial charge in [-0.05, 0) is 18.2 Å².